The van der Waals surface area contributed by atoms with Crippen LogP contribution < -0.4 is 0 Å². The molecule has 0 spiro atoms. The van der Waals surface area contributed by atoms with E-state index in [0.29, 0.717) is 11.6 Å². The molecular weight excluding hydrogens is 205 g/mol. The summed E-state index contributed by atoms with van der Waals surface area (Å²) in [6.45, 7) is 1.82. The third kappa shape index (κ3) is 3.58. The smallest absolute Gasteiger partial charge is 0.285 e. The zero-order chi connectivity index (χ0) is 11.5. The molecule has 0 N–H and O–H groups in total. The van der Waals surface area contributed by atoms with Gasteiger partial charge in [0.2, 0.25) is 0 Å². The minimum Gasteiger partial charge on any atom is -0.285 e. The highest BCUT2D eigenvalue weighted by molar-refractivity contribution is 5.97. The Labute approximate surface area is 85.2 Å². The molecule has 0 saturated heterocycles. The molecule has 0 aliphatic rings. The number of alkyl halides is 3. The van der Waals surface area contributed by atoms with E-state index in [1.165, 1.54) is 0 Å². The second-order valence-corrected chi connectivity index (χ2v) is 3.11. The first-order valence-electron chi connectivity index (χ1n) is 4.25. The van der Waals surface area contributed by atoms with E-state index in [2.05, 4.69) is 0 Å². The van der Waals surface area contributed by atoms with Crippen LogP contribution in [0.4, 0.5) is 13.2 Å². The number of carbonyl (C=O) groups is 1. The van der Waals surface area contributed by atoms with Crippen LogP contribution in [0, 0.1) is 6.92 Å². The average Bonchev–Trinajstić information content (AvgIpc) is 2.12. The lowest BCUT2D eigenvalue weighted by Crippen LogP contribution is -2.19. The Morgan fingerprint density at radius 2 is 2.00 bits per heavy atom. The maximum Gasteiger partial charge on any atom is 0.454 e. The zero-order valence-corrected chi connectivity index (χ0v) is 8.01. The van der Waals surface area contributed by atoms with Gasteiger partial charge in [-0.1, -0.05) is 35.9 Å². The van der Waals surface area contributed by atoms with Gasteiger partial charge in [-0.3, -0.25) is 4.79 Å². The van der Waals surface area contributed by atoms with Crippen molar-refractivity contribution in [3.8, 4) is 0 Å². The summed E-state index contributed by atoms with van der Waals surface area (Å²) in [7, 11) is 0. The summed E-state index contributed by atoms with van der Waals surface area (Å²) in [6, 6.07) is 6.86. The first-order chi connectivity index (χ1) is 6.89. The van der Waals surface area contributed by atoms with Crippen molar-refractivity contribution in [1.82, 2.24) is 0 Å². The largest absolute Gasteiger partial charge is 0.454 e. The molecule has 0 aliphatic heterocycles. The molecule has 1 nitrogen and oxygen atoms in total. The normalized spacial score (nSPS) is 12.0. The number of halogens is 3. The van der Waals surface area contributed by atoms with Gasteiger partial charge in [-0.05, 0) is 18.6 Å². The molecule has 1 aromatic carbocycles. The maximum absolute atomic E-state index is 11.8. The fraction of sp³-hybridized carbons (Fsp3) is 0.182. The van der Waals surface area contributed by atoms with Crippen molar-refractivity contribution in [3.63, 3.8) is 0 Å². The average molecular weight is 214 g/mol. The van der Waals surface area contributed by atoms with Crippen LogP contribution in [0.15, 0.2) is 30.3 Å². The van der Waals surface area contributed by atoms with E-state index in [1.54, 1.807) is 18.2 Å². The van der Waals surface area contributed by atoms with Crippen molar-refractivity contribution in [2.45, 2.75) is 13.1 Å². The van der Waals surface area contributed by atoms with E-state index in [4.69, 9.17) is 0 Å². The quantitative estimate of drug-likeness (QED) is 0.691. The van der Waals surface area contributed by atoms with Gasteiger partial charge >= 0.3 is 6.18 Å². The van der Waals surface area contributed by atoms with Crippen molar-refractivity contribution in [1.29, 1.82) is 0 Å². The molecule has 4 heteroatoms. The molecule has 1 aromatic rings. The van der Waals surface area contributed by atoms with Crippen LogP contribution in [-0.4, -0.2) is 12.0 Å². The predicted molar refractivity (Wildman–Crippen MR) is 51.3 cm³/mol. The molecule has 0 aliphatic carbocycles. The minimum absolute atomic E-state index is 0.536. The summed E-state index contributed by atoms with van der Waals surface area (Å²) >= 11 is 0. The Kier molecular flexibility index (Phi) is 3.29. The zero-order valence-electron chi connectivity index (χ0n) is 8.01. The van der Waals surface area contributed by atoms with Crippen molar-refractivity contribution in [3.05, 3.63) is 41.5 Å². The van der Waals surface area contributed by atoms with Gasteiger partial charge in [0.1, 0.15) is 0 Å². The molecule has 0 heterocycles. The second-order valence-electron chi connectivity index (χ2n) is 3.11. The Balaban J connectivity index is 2.79. The SMILES string of the molecule is Cc1cccc(/C=C/C(=O)C(F)(F)F)c1. The molecule has 0 bridgehead atoms. The van der Waals surface area contributed by atoms with Crippen molar-refractivity contribution < 1.29 is 18.0 Å². The molecule has 0 fully saturated rings. The number of ketones is 1. The number of allylic oxidation sites excluding steroid dienone is 1. The Morgan fingerprint density at radius 3 is 2.53 bits per heavy atom. The molecular formula is C11H9F3O. The maximum atomic E-state index is 11.8. The highest BCUT2D eigenvalue weighted by Crippen LogP contribution is 2.17. The Bertz CT molecular complexity index is 391. The van der Waals surface area contributed by atoms with E-state index in [-0.39, 0.29) is 0 Å². The van der Waals surface area contributed by atoms with Gasteiger partial charge in [-0.15, -0.1) is 0 Å². The number of hydrogen-bond donors (Lipinski definition) is 0. The molecule has 15 heavy (non-hydrogen) atoms. The second kappa shape index (κ2) is 4.29. The molecule has 0 aromatic heterocycles. The Morgan fingerprint density at radius 1 is 1.33 bits per heavy atom. The van der Waals surface area contributed by atoms with Gasteiger partial charge in [-0.2, -0.15) is 13.2 Å². The van der Waals surface area contributed by atoms with Crippen LogP contribution in [0.1, 0.15) is 11.1 Å². The van der Waals surface area contributed by atoms with Crippen molar-refractivity contribution in [2.24, 2.45) is 0 Å². The van der Waals surface area contributed by atoms with Crippen molar-refractivity contribution in [2.75, 3.05) is 0 Å². The number of carbonyl (C=O) groups excluding carboxylic acids is 1. The molecule has 0 saturated carbocycles. The van der Waals surface area contributed by atoms with Crippen LogP contribution in [0.25, 0.3) is 6.08 Å². The van der Waals surface area contributed by atoms with E-state index in [1.807, 2.05) is 13.0 Å². The van der Waals surface area contributed by atoms with Crippen LogP contribution in [0.3, 0.4) is 0 Å². The van der Waals surface area contributed by atoms with E-state index < -0.39 is 12.0 Å². The monoisotopic (exact) mass is 214 g/mol. The number of aryl methyl sites for hydroxylation is 1. The minimum atomic E-state index is -4.79. The molecule has 1 rings (SSSR count). The summed E-state index contributed by atoms with van der Waals surface area (Å²) in [4.78, 5) is 10.5. The lowest BCUT2D eigenvalue weighted by Gasteiger charge is -1.99. The fourth-order valence-corrected chi connectivity index (χ4v) is 1.04. The lowest BCUT2D eigenvalue weighted by atomic mass is 10.1. The number of rotatable bonds is 2. The molecule has 0 unspecified atom stereocenters. The first kappa shape index (κ1) is 11.5. The molecule has 0 atom stereocenters. The van der Waals surface area contributed by atoms with Gasteiger partial charge in [0.15, 0.2) is 0 Å². The van der Waals surface area contributed by atoms with Crippen LogP contribution in [0.2, 0.25) is 0 Å². The summed E-state index contributed by atoms with van der Waals surface area (Å²) in [5, 5.41) is 0. The molecule has 0 radical (unpaired) electrons. The highest BCUT2D eigenvalue weighted by atomic mass is 19.4. The predicted octanol–water partition coefficient (Wildman–Crippen LogP) is 3.14. The summed E-state index contributed by atoms with van der Waals surface area (Å²) in [6.07, 6.45) is -3.10. The summed E-state index contributed by atoms with van der Waals surface area (Å²) in [5.74, 6) is -1.84. The first-order valence-corrected chi connectivity index (χ1v) is 4.25. The standard InChI is InChI=1S/C11H9F3O/c1-8-3-2-4-9(7-8)5-6-10(15)11(12,13)14/h2-7H,1H3/b6-5+. The van der Waals surface area contributed by atoms with Gasteiger partial charge in [-0.25, -0.2) is 0 Å². The fourth-order valence-electron chi connectivity index (χ4n) is 1.04. The van der Waals surface area contributed by atoms with E-state index in [0.717, 1.165) is 11.6 Å². The third-order valence-electron chi connectivity index (χ3n) is 1.75. The van der Waals surface area contributed by atoms with Crippen LogP contribution >= 0.6 is 0 Å². The topological polar surface area (TPSA) is 17.1 Å². The van der Waals surface area contributed by atoms with Gasteiger partial charge < -0.3 is 0 Å². The van der Waals surface area contributed by atoms with Gasteiger partial charge in [0.05, 0.1) is 0 Å². The third-order valence-corrected chi connectivity index (χ3v) is 1.75. The summed E-state index contributed by atoms with van der Waals surface area (Å²) in [5.41, 5.74) is 1.50. The number of benzene rings is 1. The van der Waals surface area contributed by atoms with Crippen molar-refractivity contribution >= 4 is 11.9 Å². The number of hydrogen-bond acceptors (Lipinski definition) is 1. The van der Waals surface area contributed by atoms with Gasteiger partial charge in [0.25, 0.3) is 5.78 Å². The lowest BCUT2D eigenvalue weighted by molar-refractivity contribution is -0.165. The molecule has 80 valence electrons. The van der Waals surface area contributed by atoms with Crippen LogP contribution in [-0.2, 0) is 4.79 Å². The van der Waals surface area contributed by atoms with E-state index >= 15 is 0 Å². The van der Waals surface area contributed by atoms with E-state index in [9.17, 15) is 18.0 Å². The van der Waals surface area contributed by atoms with Crippen LogP contribution in [0.5, 0.6) is 0 Å². The highest BCUT2D eigenvalue weighted by Gasteiger charge is 2.35. The van der Waals surface area contributed by atoms with Gasteiger partial charge in [0, 0.05) is 0 Å². The molecule has 0 amide bonds. The summed E-state index contributed by atoms with van der Waals surface area (Å²) < 4.78 is 35.5. The Hall–Kier alpha value is -1.58.